The monoisotopic (exact) mass is 582 g/mol. The molecule has 4 aromatic heterocycles. The zero-order valence-electron chi connectivity index (χ0n) is 24.9. The highest BCUT2D eigenvalue weighted by Gasteiger charge is 2.40. The van der Waals surface area contributed by atoms with Crippen molar-refractivity contribution in [1.29, 1.82) is 0 Å². The Morgan fingerprint density at radius 2 is 1.95 bits per heavy atom. The van der Waals surface area contributed by atoms with Crippen LogP contribution in [0.15, 0.2) is 42.9 Å². The lowest BCUT2D eigenvalue weighted by Crippen LogP contribution is -2.56. The molecule has 0 aromatic carbocycles. The van der Waals surface area contributed by atoms with Gasteiger partial charge >= 0.3 is 6.09 Å². The molecule has 1 saturated heterocycles. The number of nitrogens with zero attached hydrogens (tertiary/aromatic N) is 7. The van der Waals surface area contributed by atoms with E-state index in [1.165, 1.54) is 0 Å². The zero-order chi connectivity index (χ0) is 30.0. The van der Waals surface area contributed by atoms with Crippen LogP contribution in [0.3, 0.4) is 0 Å². The lowest BCUT2D eigenvalue weighted by molar-refractivity contribution is 0.0248. The van der Waals surface area contributed by atoms with Gasteiger partial charge in [-0.05, 0) is 52.1 Å². The molecule has 0 spiro atoms. The largest absolute Gasteiger partial charge is 0.474 e. The van der Waals surface area contributed by atoms with Crippen LogP contribution in [0.1, 0.15) is 36.7 Å². The second-order valence-corrected chi connectivity index (χ2v) is 12.3. The summed E-state index contributed by atoms with van der Waals surface area (Å²) in [6.07, 6.45) is 4.58. The second-order valence-electron chi connectivity index (χ2n) is 12.3. The molecule has 0 aliphatic carbocycles. The van der Waals surface area contributed by atoms with Crippen molar-refractivity contribution < 1.29 is 19.1 Å². The molecule has 1 N–H and O–H groups in total. The fraction of sp³-hybridized carbons (Fsp3) is 0.387. The number of nitrogens with one attached hydrogen (secondary N) is 1. The van der Waals surface area contributed by atoms with E-state index in [0.29, 0.717) is 40.8 Å². The van der Waals surface area contributed by atoms with Crippen molar-refractivity contribution in [2.45, 2.75) is 39.0 Å². The van der Waals surface area contributed by atoms with Crippen LogP contribution in [0, 0.1) is 0 Å². The summed E-state index contributed by atoms with van der Waals surface area (Å²) < 4.78 is 13.6. The zero-order valence-corrected chi connectivity index (χ0v) is 24.9. The Morgan fingerprint density at radius 1 is 1.12 bits per heavy atom. The van der Waals surface area contributed by atoms with Crippen molar-refractivity contribution in [2.24, 2.45) is 7.05 Å². The van der Waals surface area contributed by atoms with Crippen LogP contribution in [-0.4, -0.2) is 86.3 Å². The van der Waals surface area contributed by atoms with E-state index in [0.717, 1.165) is 46.8 Å². The van der Waals surface area contributed by atoms with E-state index < -0.39 is 17.6 Å². The van der Waals surface area contributed by atoms with Crippen molar-refractivity contribution in [3.8, 4) is 17.1 Å². The maximum atomic E-state index is 13.9. The van der Waals surface area contributed by atoms with Gasteiger partial charge in [0.15, 0.2) is 0 Å². The standard InChI is InChI=1S/C31H34N8O4/c1-31(2,3)43-30(41)39-16-21-25(29(39)40)22(14-33-26(21)19-8-10-32-27-20(19)9-11-37(27)5)34-24-7-6-23-28(35-24)42-17-18-15-36(4)12-13-38(18)23/h6-11,14,18H,12-13,15-17H2,1-5H3,(H,34,35)/t18-/m0/s1. The molecule has 7 heterocycles. The number of aryl methyl sites for hydroxylation is 1. The quantitative estimate of drug-likeness (QED) is 0.377. The van der Waals surface area contributed by atoms with E-state index in [-0.39, 0.29) is 12.6 Å². The van der Waals surface area contributed by atoms with Gasteiger partial charge in [-0.1, -0.05) is 0 Å². The summed E-state index contributed by atoms with van der Waals surface area (Å²) in [5.74, 6) is 0.612. The molecule has 1 atom stereocenters. The Morgan fingerprint density at radius 3 is 2.77 bits per heavy atom. The summed E-state index contributed by atoms with van der Waals surface area (Å²) in [5.41, 5.74) is 3.88. The lowest BCUT2D eigenvalue weighted by Gasteiger charge is -2.44. The van der Waals surface area contributed by atoms with E-state index >= 15 is 0 Å². The Bertz CT molecular complexity index is 1780. The number of amides is 2. The summed E-state index contributed by atoms with van der Waals surface area (Å²) in [6.45, 7) is 8.73. The highest BCUT2D eigenvalue weighted by Crippen LogP contribution is 2.40. The Labute approximate surface area is 249 Å². The molecule has 0 radical (unpaired) electrons. The topological polar surface area (TPSA) is 118 Å². The molecule has 7 rings (SSSR count). The van der Waals surface area contributed by atoms with E-state index in [9.17, 15) is 9.59 Å². The number of carbonyl (C=O) groups excluding carboxylic acids is 2. The smallest absolute Gasteiger partial charge is 0.417 e. The average molecular weight is 583 g/mol. The van der Waals surface area contributed by atoms with Gasteiger partial charge in [-0.15, -0.1) is 0 Å². The minimum Gasteiger partial charge on any atom is -0.474 e. The number of hydrogen-bond donors (Lipinski definition) is 1. The predicted octanol–water partition coefficient (Wildman–Crippen LogP) is 4.18. The van der Waals surface area contributed by atoms with Crippen molar-refractivity contribution in [3.63, 3.8) is 0 Å². The van der Waals surface area contributed by atoms with E-state index in [4.69, 9.17) is 19.4 Å². The molecular weight excluding hydrogens is 548 g/mol. The van der Waals surface area contributed by atoms with Gasteiger partial charge < -0.3 is 29.2 Å². The fourth-order valence-corrected chi connectivity index (χ4v) is 6.09. The van der Waals surface area contributed by atoms with Crippen LogP contribution < -0.4 is 15.0 Å². The van der Waals surface area contributed by atoms with Gasteiger partial charge in [0.2, 0.25) is 5.88 Å². The van der Waals surface area contributed by atoms with Crippen LogP contribution >= 0.6 is 0 Å². The number of carbonyl (C=O) groups is 2. The van der Waals surface area contributed by atoms with Crippen LogP contribution in [0.4, 0.5) is 22.0 Å². The summed E-state index contributed by atoms with van der Waals surface area (Å²) in [4.78, 5) is 46.9. The van der Waals surface area contributed by atoms with E-state index in [2.05, 4.69) is 27.1 Å². The highest BCUT2D eigenvalue weighted by molar-refractivity contribution is 6.12. The predicted molar refractivity (Wildman–Crippen MR) is 162 cm³/mol. The first-order valence-corrected chi connectivity index (χ1v) is 14.4. The van der Waals surface area contributed by atoms with Gasteiger partial charge in [0.05, 0.1) is 35.7 Å². The molecule has 2 amide bonds. The third-order valence-electron chi connectivity index (χ3n) is 8.10. The molecule has 12 nitrogen and oxygen atoms in total. The number of likely N-dealkylation sites (N-methyl/N-ethyl adjacent to an activating group) is 1. The number of imide groups is 1. The minimum atomic E-state index is -0.759. The van der Waals surface area contributed by atoms with Crippen molar-refractivity contribution in [3.05, 3.63) is 54.0 Å². The van der Waals surface area contributed by atoms with Gasteiger partial charge in [-0.25, -0.2) is 14.7 Å². The number of pyridine rings is 3. The Hall–Kier alpha value is -4.71. The molecule has 0 saturated carbocycles. The lowest BCUT2D eigenvalue weighted by atomic mass is 10.0. The van der Waals surface area contributed by atoms with E-state index in [1.807, 2.05) is 42.1 Å². The van der Waals surface area contributed by atoms with Gasteiger partial charge in [0, 0.05) is 55.6 Å². The second kappa shape index (κ2) is 9.94. The summed E-state index contributed by atoms with van der Waals surface area (Å²) >= 11 is 0. The molecule has 3 aliphatic rings. The molecule has 43 heavy (non-hydrogen) atoms. The number of hydrogen-bond acceptors (Lipinski definition) is 10. The number of anilines is 3. The summed E-state index contributed by atoms with van der Waals surface area (Å²) in [7, 11) is 4.05. The number of aromatic nitrogens is 4. The molecule has 12 heteroatoms. The third kappa shape index (κ3) is 4.71. The van der Waals surface area contributed by atoms with Gasteiger partial charge in [0.1, 0.15) is 29.4 Å². The third-order valence-corrected chi connectivity index (χ3v) is 8.10. The minimum absolute atomic E-state index is 0.0309. The maximum absolute atomic E-state index is 13.9. The molecule has 4 aromatic rings. The van der Waals surface area contributed by atoms with Crippen LogP contribution in [0.5, 0.6) is 5.88 Å². The normalized spacial score (nSPS) is 18.3. The first-order chi connectivity index (χ1) is 20.6. The van der Waals surface area contributed by atoms with Crippen LogP contribution in [0.25, 0.3) is 22.3 Å². The first kappa shape index (κ1) is 27.1. The van der Waals surface area contributed by atoms with Crippen LogP contribution in [0.2, 0.25) is 0 Å². The highest BCUT2D eigenvalue weighted by atomic mass is 16.6. The summed E-state index contributed by atoms with van der Waals surface area (Å²) in [5, 5.41) is 4.20. The molecule has 3 aliphatic heterocycles. The van der Waals surface area contributed by atoms with Gasteiger partial charge in [-0.3, -0.25) is 9.78 Å². The molecule has 222 valence electrons. The van der Waals surface area contributed by atoms with Crippen molar-refractivity contribution in [1.82, 2.24) is 29.3 Å². The first-order valence-electron chi connectivity index (χ1n) is 14.4. The molecule has 0 unspecified atom stereocenters. The summed E-state index contributed by atoms with van der Waals surface area (Å²) in [6, 6.07) is 8.02. The van der Waals surface area contributed by atoms with E-state index in [1.54, 1.807) is 33.2 Å². The molecular formula is C31H34N8O4. The number of rotatable bonds is 3. The van der Waals surface area contributed by atoms with Crippen LogP contribution in [-0.2, 0) is 18.3 Å². The molecule has 0 bridgehead atoms. The number of ether oxygens (including phenoxy) is 2. The van der Waals surface area contributed by atoms with Gasteiger partial charge in [-0.2, -0.15) is 4.98 Å². The SMILES string of the molecule is CN1CCN2c3ccc(Nc4cnc(-c5ccnc6c5ccn6C)c5c4C(=O)N(C(=O)OC(C)(C)C)C5)nc3OC[C@@H]2C1. The average Bonchev–Trinajstić information content (AvgIpc) is 3.52. The number of fused-ring (bicyclic) bond motifs is 5. The molecule has 1 fully saturated rings. The van der Waals surface area contributed by atoms with Crippen molar-refractivity contribution >= 4 is 40.2 Å². The Balaban J connectivity index is 1.28. The van der Waals surface area contributed by atoms with Gasteiger partial charge in [0.25, 0.3) is 5.91 Å². The maximum Gasteiger partial charge on any atom is 0.417 e. The van der Waals surface area contributed by atoms with Crippen molar-refractivity contribution in [2.75, 3.05) is 43.5 Å². The Kier molecular flexibility index (Phi) is 6.27. The number of piperazine rings is 1. The fourth-order valence-electron chi connectivity index (χ4n) is 6.09.